The van der Waals surface area contributed by atoms with E-state index in [2.05, 4.69) is 36.2 Å². The standard InChI is InChI=1S/C17H26N2O2/c1-13(2)10-19-11-15(17(20)21)8-16(12-19)18-9-14-6-4-3-5-7-14/h3-7,13,15-16,18H,8-12H2,1-2H3,(H,20,21). The fourth-order valence-electron chi connectivity index (χ4n) is 3.04. The van der Waals surface area contributed by atoms with E-state index in [4.69, 9.17) is 0 Å². The van der Waals surface area contributed by atoms with Gasteiger partial charge in [0.15, 0.2) is 0 Å². The molecule has 1 aromatic carbocycles. The number of nitrogens with one attached hydrogen (secondary N) is 1. The van der Waals surface area contributed by atoms with Crippen LogP contribution in [0.4, 0.5) is 0 Å². The third-order valence-corrected chi connectivity index (χ3v) is 3.94. The fraction of sp³-hybridized carbons (Fsp3) is 0.588. The van der Waals surface area contributed by atoms with Crippen LogP contribution in [0.3, 0.4) is 0 Å². The van der Waals surface area contributed by atoms with Crippen LogP contribution in [0.1, 0.15) is 25.8 Å². The zero-order chi connectivity index (χ0) is 15.2. The second kappa shape index (κ2) is 7.57. The number of benzene rings is 1. The molecule has 1 aromatic rings. The highest BCUT2D eigenvalue weighted by atomic mass is 16.4. The molecule has 1 saturated heterocycles. The first kappa shape index (κ1) is 16.0. The minimum Gasteiger partial charge on any atom is -0.481 e. The maximum Gasteiger partial charge on any atom is 0.307 e. The van der Waals surface area contributed by atoms with E-state index >= 15 is 0 Å². The number of nitrogens with zero attached hydrogens (tertiary/aromatic N) is 1. The van der Waals surface area contributed by atoms with E-state index in [1.807, 2.05) is 18.2 Å². The molecule has 4 heteroatoms. The van der Waals surface area contributed by atoms with Gasteiger partial charge in [-0.2, -0.15) is 0 Å². The van der Waals surface area contributed by atoms with Crippen LogP contribution in [0, 0.1) is 11.8 Å². The highest BCUT2D eigenvalue weighted by Gasteiger charge is 2.31. The van der Waals surface area contributed by atoms with Crippen LogP contribution < -0.4 is 5.32 Å². The van der Waals surface area contributed by atoms with Gasteiger partial charge in [0.2, 0.25) is 0 Å². The summed E-state index contributed by atoms with van der Waals surface area (Å²) in [7, 11) is 0. The van der Waals surface area contributed by atoms with Crippen LogP contribution in [0.25, 0.3) is 0 Å². The molecule has 21 heavy (non-hydrogen) atoms. The summed E-state index contributed by atoms with van der Waals surface area (Å²) in [6, 6.07) is 10.5. The predicted octanol–water partition coefficient (Wildman–Crippen LogP) is 2.21. The van der Waals surface area contributed by atoms with Crippen molar-refractivity contribution in [3.05, 3.63) is 35.9 Å². The van der Waals surface area contributed by atoms with Crippen molar-refractivity contribution in [2.24, 2.45) is 11.8 Å². The quantitative estimate of drug-likeness (QED) is 0.843. The molecule has 0 aliphatic carbocycles. The molecule has 1 aliphatic heterocycles. The Kier molecular flexibility index (Phi) is 5.76. The van der Waals surface area contributed by atoms with Gasteiger partial charge in [0.05, 0.1) is 5.92 Å². The molecule has 0 amide bonds. The van der Waals surface area contributed by atoms with Crippen molar-refractivity contribution in [1.29, 1.82) is 0 Å². The fourth-order valence-corrected chi connectivity index (χ4v) is 3.04. The average Bonchev–Trinajstić information content (AvgIpc) is 2.45. The molecule has 0 radical (unpaired) electrons. The highest BCUT2D eigenvalue weighted by molar-refractivity contribution is 5.70. The molecule has 4 nitrogen and oxygen atoms in total. The lowest BCUT2D eigenvalue weighted by atomic mass is 9.93. The number of likely N-dealkylation sites (tertiary alicyclic amines) is 1. The minimum absolute atomic E-state index is 0.249. The molecule has 1 heterocycles. The molecular weight excluding hydrogens is 264 g/mol. The second-order valence-electron chi connectivity index (χ2n) is 6.45. The Morgan fingerprint density at radius 1 is 1.33 bits per heavy atom. The summed E-state index contributed by atoms with van der Waals surface area (Å²) in [4.78, 5) is 13.6. The van der Waals surface area contributed by atoms with Crippen LogP contribution in [-0.4, -0.2) is 41.7 Å². The van der Waals surface area contributed by atoms with Crippen molar-refractivity contribution in [3.63, 3.8) is 0 Å². The Morgan fingerprint density at radius 2 is 2.05 bits per heavy atom. The number of aliphatic carboxylic acids is 1. The highest BCUT2D eigenvalue weighted by Crippen LogP contribution is 2.19. The summed E-state index contributed by atoms with van der Waals surface area (Å²) in [5.74, 6) is -0.368. The maximum atomic E-state index is 11.4. The smallest absolute Gasteiger partial charge is 0.307 e. The van der Waals surface area contributed by atoms with Gasteiger partial charge >= 0.3 is 5.97 Å². The minimum atomic E-state index is -0.671. The van der Waals surface area contributed by atoms with Gasteiger partial charge in [-0.05, 0) is 17.9 Å². The Hall–Kier alpha value is -1.39. The average molecular weight is 290 g/mol. The van der Waals surface area contributed by atoms with Crippen molar-refractivity contribution in [3.8, 4) is 0 Å². The van der Waals surface area contributed by atoms with Gasteiger partial charge in [0.25, 0.3) is 0 Å². The van der Waals surface area contributed by atoms with E-state index < -0.39 is 5.97 Å². The second-order valence-corrected chi connectivity index (χ2v) is 6.45. The van der Waals surface area contributed by atoms with E-state index in [0.717, 1.165) is 26.1 Å². The van der Waals surface area contributed by atoms with Crippen LogP contribution in [0.2, 0.25) is 0 Å². The third-order valence-electron chi connectivity index (χ3n) is 3.94. The van der Waals surface area contributed by atoms with Gasteiger partial charge in [-0.1, -0.05) is 44.2 Å². The zero-order valence-electron chi connectivity index (χ0n) is 13.0. The molecule has 1 aliphatic rings. The number of carbonyl (C=O) groups is 1. The van der Waals surface area contributed by atoms with E-state index in [9.17, 15) is 9.90 Å². The normalized spacial score (nSPS) is 23.4. The maximum absolute atomic E-state index is 11.4. The van der Waals surface area contributed by atoms with E-state index in [1.165, 1.54) is 5.56 Å². The van der Waals surface area contributed by atoms with Gasteiger partial charge in [-0.3, -0.25) is 4.79 Å². The first-order chi connectivity index (χ1) is 10.0. The largest absolute Gasteiger partial charge is 0.481 e. The number of carboxylic acid groups (broad SMARTS) is 1. The summed E-state index contributed by atoms with van der Waals surface area (Å²) in [6.45, 7) is 7.74. The van der Waals surface area contributed by atoms with Crippen molar-refractivity contribution in [1.82, 2.24) is 10.2 Å². The summed E-state index contributed by atoms with van der Waals surface area (Å²) in [5.41, 5.74) is 1.24. The molecule has 0 saturated carbocycles. The van der Waals surface area contributed by atoms with Gasteiger partial charge in [0, 0.05) is 32.2 Å². The van der Waals surface area contributed by atoms with Crippen LogP contribution in [-0.2, 0) is 11.3 Å². The molecule has 2 atom stereocenters. The number of hydrogen-bond acceptors (Lipinski definition) is 3. The van der Waals surface area contributed by atoms with Crippen molar-refractivity contribution in [2.45, 2.75) is 32.9 Å². The molecule has 116 valence electrons. The number of rotatable bonds is 6. The molecule has 0 aromatic heterocycles. The van der Waals surface area contributed by atoms with E-state index in [1.54, 1.807) is 0 Å². The Balaban J connectivity index is 1.92. The molecule has 2 rings (SSSR count). The summed E-state index contributed by atoms with van der Waals surface area (Å²) in [5, 5.41) is 12.9. The van der Waals surface area contributed by atoms with E-state index in [-0.39, 0.29) is 12.0 Å². The molecule has 0 bridgehead atoms. The topological polar surface area (TPSA) is 52.6 Å². The van der Waals surface area contributed by atoms with Crippen LogP contribution in [0.15, 0.2) is 30.3 Å². The SMILES string of the molecule is CC(C)CN1CC(NCc2ccccc2)CC(C(=O)O)C1. The van der Waals surface area contributed by atoms with Crippen molar-refractivity contribution in [2.75, 3.05) is 19.6 Å². The Bertz CT molecular complexity index is 447. The van der Waals surface area contributed by atoms with E-state index in [0.29, 0.717) is 12.5 Å². The van der Waals surface area contributed by atoms with Crippen LogP contribution in [0.5, 0.6) is 0 Å². The number of hydrogen-bond donors (Lipinski definition) is 2. The molecule has 2 N–H and O–H groups in total. The van der Waals surface area contributed by atoms with Crippen molar-refractivity contribution < 1.29 is 9.90 Å². The predicted molar refractivity (Wildman–Crippen MR) is 84.1 cm³/mol. The van der Waals surface area contributed by atoms with Gasteiger partial charge in [-0.25, -0.2) is 0 Å². The first-order valence-corrected chi connectivity index (χ1v) is 7.77. The molecule has 1 fully saturated rings. The lowest BCUT2D eigenvalue weighted by molar-refractivity contribution is -0.144. The number of piperidine rings is 1. The Morgan fingerprint density at radius 3 is 2.67 bits per heavy atom. The lowest BCUT2D eigenvalue weighted by Crippen LogP contribution is -2.51. The lowest BCUT2D eigenvalue weighted by Gasteiger charge is -2.37. The van der Waals surface area contributed by atoms with Crippen molar-refractivity contribution >= 4 is 5.97 Å². The Labute approximate surface area is 127 Å². The molecule has 0 spiro atoms. The summed E-state index contributed by atoms with van der Waals surface area (Å²) >= 11 is 0. The van der Waals surface area contributed by atoms with Gasteiger partial charge in [-0.15, -0.1) is 0 Å². The molecule has 2 unspecified atom stereocenters. The third kappa shape index (κ3) is 5.14. The van der Waals surface area contributed by atoms with Gasteiger partial charge in [0.1, 0.15) is 0 Å². The summed E-state index contributed by atoms with van der Waals surface area (Å²) < 4.78 is 0. The van der Waals surface area contributed by atoms with Gasteiger partial charge < -0.3 is 15.3 Å². The summed E-state index contributed by atoms with van der Waals surface area (Å²) in [6.07, 6.45) is 0.719. The monoisotopic (exact) mass is 290 g/mol. The number of carboxylic acids is 1. The van der Waals surface area contributed by atoms with Crippen LogP contribution >= 0.6 is 0 Å². The first-order valence-electron chi connectivity index (χ1n) is 7.77. The molecular formula is C17H26N2O2. The zero-order valence-corrected chi connectivity index (χ0v) is 13.0.